The molecule has 1 N–H and O–H groups in total. The first kappa shape index (κ1) is 11.7. The molecule has 90 valence electrons. The van der Waals surface area contributed by atoms with Crippen molar-refractivity contribution in [2.24, 2.45) is 0 Å². The van der Waals surface area contributed by atoms with Crippen LogP contribution in [-0.2, 0) is 12.8 Å². The van der Waals surface area contributed by atoms with Crippen molar-refractivity contribution in [3.63, 3.8) is 0 Å². The Kier molecular flexibility index (Phi) is 3.49. The molecule has 17 heavy (non-hydrogen) atoms. The maximum Gasteiger partial charge on any atom is 0.229 e. The molecule has 0 aliphatic heterocycles. The van der Waals surface area contributed by atoms with E-state index in [0.717, 1.165) is 5.56 Å². The van der Waals surface area contributed by atoms with Crippen LogP contribution in [-0.4, -0.2) is 21.4 Å². The number of aliphatic hydroxyl groups excluding tert-OH is 1. The fourth-order valence-corrected chi connectivity index (χ4v) is 1.48. The van der Waals surface area contributed by atoms with E-state index in [2.05, 4.69) is 10.1 Å². The molecule has 0 aliphatic rings. The van der Waals surface area contributed by atoms with Gasteiger partial charge in [-0.3, -0.25) is 0 Å². The van der Waals surface area contributed by atoms with E-state index in [-0.39, 0.29) is 5.82 Å². The number of rotatable bonds is 4. The van der Waals surface area contributed by atoms with Gasteiger partial charge in [-0.2, -0.15) is 4.98 Å². The van der Waals surface area contributed by atoms with E-state index in [1.165, 1.54) is 12.1 Å². The number of halogens is 1. The van der Waals surface area contributed by atoms with Crippen molar-refractivity contribution in [2.75, 3.05) is 0 Å². The van der Waals surface area contributed by atoms with Gasteiger partial charge in [0.25, 0.3) is 0 Å². The third-order valence-electron chi connectivity index (χ3n) is 2.26. The van der Waals surface area contributed by atoms with Gasteiger partial charge in [0.05, 0.1) is 12.5 Å². The molecule has 0 bridgehead atoms. The Bertz CT molecular complexity index is 480. The van der Waals surface area contributed by atoms with Gasteiger partial charge in [-0.25, -0.2) is 4.39 Å². The topological polar surface area (TPSA) is 59.2 Å². The third-order valence-corrected chi connectivity index (χ3v) is 2.26. The van der Waals surface area contributed by atoms with E-state index in [0.29, 0.717) is 24.6 Å². The van der Waals surface area contributed by atoms with Crippen LogP contribution in [0.3, 0.4) is 0 Å². The predicted octanol–water partition coefficient (Wildman–Crippen LogP) is 1.72. The molecule has 5 heteroatoms. The average Bonchev–Trinajstić information content (AvgIpc) is 2.68. The first-order chi connectivity index (χ1) is 8.13. The Morgan fingerprint density at radius 1 is 1.35 bits per heavy atom. The molecule has 0 aliphatic carbocycles. The molecule has 4 nitrogen and oxygen atoms in total. The summed E-state index contributed by atoms with van der Waals surface area (Å²) in [5.74, 6) is 0.682. The van der Waals surface area contributed by atoms with Crippen LogP contribution >= 0.6 is 0 Å². The molecule has 1 heterocycles. The molecule has 1 atom stereocenters. The summed E-state index contributed by atoms with van der Waals surface area (Å²) in [6.45, 7) is 1.66. The normalized spacial score (nSPS) is 12.6. The summed E-state index contributed by atoms with van der Waals surface area (Å²) < 4.78 is 17.7. The zero-order valence-corrected chi connectivity index (χ0v) is 9.43. The van der Waals surface area contributed by atoms with Gasteiger partial charge in [0.15, 0.2) is 5.82 Å². The van der Waals surface area contributed by atoms with Gasteiger partial charge >= 0.3 is 0 Å². The van der Waals surface area contributed by atoms with Gasteiger partial charge < -0.3 is 9.63 Å². The number of hydrogen-bond donors (Lipinski definition) is 1. The smallest absolute Gasteiger partial charge is 0.229 e. The number of benzene rings is 1. The second kappa shape index (κ2) is 5.05. The van der Waals surface area contributed by atoms with Crippen LogP contribution in [0.2, 0.25) is 0 Å². The molecule has 1 unspecified atom stereocenters. The van der Waals surface area contributed by atoms with Crippen molar-refractivity contribution in [2.45, 2.75) is 25.9 Å². The first-order valence-corrected chi connectivity index (χ1v) is 5.37. The quantitative estimate of drug-likeness (QED) is 0.878. The lowest BCUT2D eigenvalue weighted by atomic mass is 10.1. The monoisotopic (exact) mass is 236 g/mol. The summed E-state index contributed by atoms with van der Waals surface area (Å²) in [5.41, 5.74) is 0.913. The molecule has 0 saturated carbocycles. The molecule has 1 aromatic carbocycles. The van der Waals surface area contributed by atoms with Gasteiger partial charge in [-0.05, 0) is 24.6 Å². The molecule has 0 spiro atoms. The van der Waals surface area contributed by atoms with Crippen LogP contribution in [0.15, 0.2) is 28.8 Å². The summed E-state index contributed by atoms with van der Waals surface area (Å²) in [6, 6.07) is 6.15. The minimum atomic E-state index is -0.505. The standard InChI is InChI=1S/C12H13FN2O2/c1-8(16)6-12-14-11(15-17-12)7-9-2-4-10(13)5-3-9/h2-5,8,16H,6-7H2,1H3. The lowest BCUT2D eigenvalue weighted by molar-refractivity contribution is 0.181. The number of hydrogen-bond acceptors (Lipinski definition) is 4. The molecule has 1 aromatic heterocycles. The maximum absolute atomic E-state index is 12.7. The SMILES string of the molecule is CC(O)Cc1nc(Cc2ccc(F)cc2)no1. The molecule has 0 fully saturated rings. The Hall–Kier alpha value is -1.75. The van der Waals surface area contributed by atoms with Crippen LogP contribution in [0.1, 0.15) is 24.2 Å². The third kappa shape index (κ3) is 3.35. The van der Waals surface area contributed by atoms with E-state index in [1.807, 2.05) is 0 Å². The van der Waals surface area contributed by atoms with Crippen molar-refractivity contribution in [3.8, 4) is 0 Å². The second-order valence-corrected chi connectivity index (χ2v) is 3.96. The Morgan fingerprint density at radius 2 is 2.06 bits per heavy atom. The lowest BCUT2D eigenvalue weighted by Crippen LogP contribution is -2.04. The summed E-state index contributed by atoms with van der Waals surface area (Å²) in [6.07, 6.45) is 0.328. The van der Waals surface area contributed by atoms with Gasteiger partial charge in [0.2, 0.25) is 5.89 Å². The van der Waals surface area contributed by atoms with Gasteiger partial charge in [-0.1, -0.05) is 17.3 Å². The highest BCUT2D eigenvalue weighted by Crippen LogP contribution is 2.09. The fraction of sp³-hybridized carbons (Fsp3) is 0.333. The highest BCUT2D eigenvalue weighted by molar-refractivity contribution is 5.19. The van der Waals surface area contributed by atoms with Gasteiger partial charge in [-0.15, -0.1) is 0 Å². The summed E-state index contributed by atoms with van der Waals surface area (Å²) >= 11 is 0. The van der Waals surface area contributed by atoms with Crippen LogP contribution in [0, 0.1) is 5.82 Å². The first-order valence-electron chi connectivity index (χ1n) is 5.37. The Morgan fingerprint density at radius 3 is 2.71 bits per heavy atom. The van der Waals surface area contributed by atoms with Crippen molar-refractivity contribution in [3.05, 3.63) is 47.4 Å². The number of aromatic nitrogens is 2. The zero-order chi connectivity index (χ0) is 12.3. The Balaban J connectivity index is 2.03. The molecule has 2 aromatic rings. The van der Waals surface area contributed by atoms with Crippen LogP contribution in [0.25, 0.3) is 0 Å². The van der Waals surface area contributed by atoms with Gasteiger partial charge in [0, 0.05) is 6.42 Å². The average molecular weight is 236 g/mol. The van der Waals surface area contributed by atoms with Crippen LogP contribution in [0.5, 0.6) is 0 Å². The van der Waals surface area contributed by atoms with E-state index in [1.54, 1.807) is 19.1 Å². The molecule has 0 radical (unpaired) electrons. The van der Waals surface area contributed by atoms with Crippen LogP contribution in [0.4, 0.5) is 4.39 Å². The highest BCUT2D eigenvalue weighted by Gasteiger charge is 2.09. The van der Waals surface area contributed by atoms with E-state index >= 15 is 0 Å². The van der Waals surface area contributed by atoms with Crippen molar-refractivity contribution >= 4 is 0 Å². The summed E-state index contributed by atoms with van der Waals surface area (Å²) in [5, 5.41) is 13.0. The zero-order valence-electron chi connectivity index (χ0n) is 9.43. The van der Waals surface area contributed by atoms with Gasteiger partial charge in [0.1, 0.15) is 5.82 Å². The predicted molar refractivity (Wildman–Crippen MR) is 58.9 cm³/mol. The van der Waals surface area contributed by atoms with Crippen molar-refractivity contribution in [1.29, 1.82) is 0 Å². The lowest BCUT2D eigenvalue weighted by Gasteiger charge is -1.96. The molecular formula is C12H13FN2O2. The summed E-state index contributed by atoms with van der Waals surface area (Å²) in [7, 11) is 0. The molecule has 0 saturated heterocycles. The maximum atomic E-state index is 12.7. The largest absolute Gasteiger partial charge is 0.393 e. The minimum absolute atomic E-state index is 0.267. The number of aliphatic hydroxyl groups is 1. The number of nitrogens with zero attached hydrogens (tertiary/aromatic N) is 2. The molecule has 0 amide bonds. The van der Waals surface area contributed by atoms with E-state index in [4.69, 9.17) is 9.63 Å². The Labute approximate surface area is 98.1 Å². The van der Waals surface area contributed by atoms with Crippen LogP contribution < -0.4 is 0 Å². The van der Waals surface area contributed by atoms with E-state index < -0.39 is 6.10 Å². The minimum Gasteiger partial charge on any atom is -0.393 e. The van der Waals surface area contributed by atoms with Crippen molar-refractivity contribution < 1.29 is 14.0 Å². The molecular weight excluding hydrogens is 223 g/mol. The highest BCUT2D eigenvalue weighted by atomic mass is 19.1. The molecule has 2 rings (SSSR count). The summed E-state index contributed by atoms with van der Waals surface area (Å²) in [4.78, 5) is 4.14. The second-order valence-electron chi connectivity index (χ2n) is 3.96. The van der Waals surface area contributed by atoms with Crippen molar-refractivity contribution in [1.82, 2.24) is 10.1 Å². The van der Waals surface area contributed by atoms with E-state index in [9.17, 15) is 4.39 Å². The fourth-order valence-electron chi connectivity index (χ4n) is 1.48.